The number of rotatable bonds is 14. The molecule has 20 heavy (non-hydrogen) atoms. The predicted molar refractivity (Wildman–Crippen MR) is 90.0 cm³/mol. The van der Waals surface area contributed by atoms with E-state index in [9.17, 15) is 0 Å². The fraction of sp³-hybridized carbons (Fsp3) is 1.00. The molecule has 2 unspecified atom stereocenters. The van der Waals surface area contributed by atoms with Crippen LogP contribution < -0.4 is 5.73 Å². The van der Waals surface area contributed by atoms with Crippen molar-refractivity contribution in [1.29, 1.82) is 0 Å². The molecule has 4 heteroatoms. The van der Waals surface area contributed by atoms with Crippen molar-refractivity contribution in [2.24, 2.45) is 5.73 Å². The van der Waals surface area contributed by atoms with Gasteiger partial charge in [-0.2, -0.15) is 0 Å². The van der Waals surface area contributed by atoms with Crippen molar-refractivity contribution in [3.8, 4) is 0 Å². The first-order valence-electron chi connectivity index (χ1n) is 8.61. The Morgan fingerprint density at radius 1 is 0.900 bits per heavy atom. The van der Waals surface area contributed by atoms with Gasteiger partial charge in [-0.15, -0.1) is 0 Å². The second-order valence-electron chi connectivity index (χ2n) is 5.97. The molecule has 0 bridgehead atoms. The number of hydrogen-bond acceptors (Lipinski definition) is 3. The summed E-state index contributed by atoms with van der Waals surface area (Å²) in [6.45, 7) is 9.06. The van der Waals surface area contributed by atoms with Crippen LogP contribution in [-0.4, -0.2) is 21.4 Å². The van der Waals surface area contributed by atoms with Crippen LogP contribution in [0.2, 0.25) is 12.6 Å². The van der Waals surface area contributed by atoms with Crippen LogP contribution in [0, 0.1) is 0 Å². The lowest BCUT2D eigenvalue weighted by molar-refractivity contribution is 0.134. The highest BCUT2D eigenvalue weighted by atomic mass is 28.4. The maximum absolute atomic E-state index is 5.85. The molecule has 0 aromatic rings. The van der Waals surface area contributed by atoms with Crippen molar-refractivity contribution >= 4 is 8.56 Å². The van der Waals surface area contributed by atoms with Crippen molar-refractivity contribution in [3.05, 3.63) is 0 Å². The van der Waals surface area contributed by atoms with Crippen LogP contribution in [0.4, 0.5) is 0 Å². The van der Waals surface area contributed by atoms with Gasteiger partial charge in [-0.1, -0.05) is 64.7 Å². The topological polar surface area (TPSA) is 44.5 Å². The van der Waals surface area contributed by atoms with Crippen LogP contribution in [0.1, 0.15) is 78.6 Å². The summed E-state index contributed by atoms with van der Waals surface area (Å²) in [6.07, 6.45) is 12.0. The van der Waals surface area contributed by atoms with Gasteiger partial charge in [-0.3, -0.25) is 0 Å². The largest absolute Gasteiger partial charge is 0.395 e. The third kappa shape index (κ3) is 11.9. The summed E-state index contributed by atoms with van der Waals surface area (Å²) in [6, 6.07) is 1.07. The zero-order valence-corrected chi connectivity index (χ0v) is 15.2. The Kier molecular flexibility index (Phi) is 12.9. The van der Waals surface area contributed by atoms with E-state index in [1.165, 1.54) is 57.8 Å². The Morgan fingerprint density at radius 3 is 1.85 bits per heavy atom. The number of unbranched alkanes of at least 4 members (excludes halogenated alkanes) is 8. The van der Waals surface area contributed by atoms with E-state index in [4.69, 9.17) is 14.6 Å². The predicted octanol–water partition coefficient (Wildman–Crippen LogP) is 4.95. The normalized spacial score (nSPS) is 16.1. The highest BCUT2D eigenvalue weighted by molar-refractivity contribution is 6.66. The van der Waals surface area contributed by atoms with E-state index >= 15 is 0 Å². The van der Waals surface area contributed by atoms with Gasteiger partial charge in [0.1, 0.15) is 0 Å². The van der Waals surface area contributed by atoms with E-state index in [1.807, 2.05) is 13.8 Å². The van der Waals surface area contributed by atoms with Gasteiger partial charge in [0.15, 0.2) is 0 Å². The highest BCUT2D eigenvalue weighted by Gasteiger charge is 2.31. The molecule has 0 heterocycles. The Hall–Kier alpha value is 0.0969. The first-order chi connectivity index (χ1) is 9.54. The van der Waals surface area contributed by atoms with Gasteiger partial charge in [0.2, 0.25) is 0 Å². The fourth-order valence-corrected chi connectivity index (χ4v) is 5.24. The molecule has 0 rings (SSSR count). The van der Waals surface area contributed by atoms with E-state index in [1.54, 1.807) is 0 Å². The Labute approximate surface area is 127 Å². The van der Waals surface area contributed by atoms with Crippen LogP contribution >= 0.6 is 0 Å². The second-order valence-corrected chi connectivity index (χ2v) is 9.26. The summed E-state index contributed by atoms with van der Waals surface area (Å²) in [4.78, 5) is 0. The minimum atomic E-state index is -2.02. The zero-order chi connectivity index (χ0) is 15.3. The molecule has 0 aromatic heterocycles. The molecule has 0 aliphatic carbocycles. The molecule has 0 aliphatic rings. The van der Waals surface area contributed by atoms with Crippen LogP contribution in [0.5, 0.6) is 0 Å². The number of hydrogen-bond donors (Lipinski definition) is 1. The first-order valence-corrected chi connectivity index (χ1v) is 11.1. The van der Waals surface area contributed by atoms with E-state index in [2.05, 4.69) is 13.5 Å². The smallest absolute Gasteiger partial charge is 0.336 e. The minimum Gasteiger partial charge on any atom is -0.395 e. The average Bonchev–Trinajstić information content (AvgIpc) is 2.36. The van der Waals surface area contributed by atoms with Crippen LogP contribution in [0.3, 0.4) is 0 Å². The van der Waals surface area contributed by atoms with Gasteiger partial charge >= 0.3 is 8.56 Å². The van der Waals surface area contributed by atoms with Crippen molar-refractivity contribution in [3.63, 3.8) is 0 Å². The number of nitrogens with two attached hydrogens (primary N) is 1. The molecule has 0 aliphatic heterocycles. The second kappa shape index (κ2) is 12.8. The van der Waals surface area contributed by atoms with Gasteiger partial charge in [0.25, 0.3) is 0 Å². The zero-order valence-electron chi connectivity index (χ0n) is 14.2. The van der Waals surface area contributed by atoms with Crippen LogP contribution in [0.15, 0.2) is 0 Å². The molecule has 0 saturated carbocycles. The lowest BCUT2D eigenvalue weighted by Crippen LogP contribution is -2.43. The molecular weight excluding hydrogens is 266 g/mol. The highest BCUT2D eigenvalue weighted by Crippen LogP contribution is 2.20. The van der Waals surface area contributed by atoms with E-state index < -0.39 is 8.56 Å². The summed E-state index contributed by atoms with van der Waals surface area (Å²) >= 11 is 0. The molecule has 2 N–H and O–H groups in total. The standard InChI is InChI=1S/C16H37NO2Si/c1-5-7-8-9-10-11-12-13-14-15-20(4,18-6-2)19-16(3)17/h16H,5-15,17H2,1-4H3. The Bertz CT molecular complexity index is 215. The van der Waals surface area contributed by atoms with Gasteiger partial charge in [-0.05, 0) is 26.4 Å². The molecule has 122 valence electrons. The third-order valence-corrected chi connectivity index (χ3v) is 6.65. The quantitative estimate of drug-likeness (QED) is 0.280. The summed E-state index contributed by atoms with van der Waals surface area (Å²) in [5.41, 5.74) is 5.75. The van der Waals surface area contributed by atoms with Crippen molar-refractivity contribution in [1.82, 2.24) is 0 Å². The molecular formula is C16H37NO2Si. The maximum Gasteiger partial charge on any atom is 0.336 e. The third-order valence-electron chi connectivity index (χ3n) is 3.62. The van der Waals surface area contributed by atoms with Crippen molar-refractivity contribution < 1.29 is 8.85 Å². The van der Waals surface area contributed by atoms with E-state index in [0.29, 0.717) is 0 Å². The van der Waals surface area contributed by atoms with Gasteiger partial charge < -0.3 is 14.6 Å². The van der Waals surface area contributed by atoms with E-state index in [0.717, 1.165) is 12.7 Å². The lowest BCUT2D eigenvalue weighted by Gasteiger charge is -2.28. The molecule has 0 radical (unpaired) electrons. The molecule has 2 atom stereocenters. The summed E-state index contributed by atoms with van der Waals surface area (Å²) in [5, 5.41) is 0. The maximum atomic E-state index is 5.85. The summed E-state index contributed by atoms with van der Waals surface area (Å²) < 4.78 is 11.7. The molecule has 0 spiro atoms. The Morgan fingerprint density at radius 2 is 1.40 bits per heavy atom. The molecule has 0 fully saturated rings. The first kappa shape index (κ1) is 20.1. The molecule has 0 amide bonds. The van der Waals surface area contributed by atoms with Gasteiger partial charge in [0, 0.05) is 6.61 Å². The van der Waals surface area contributed by atoms with E-state index in [-0.39, 0.29) is 6.23 Å². The molecule has 3 nitrogen and oxygen atoms in total. The van der Waals surface area contributed by atoms with Gasteiger partial charge in [-0.25, -0.2) is 0 Å². The lowest BCUT2D eigenvalue weighted by atomic mass is 10.1. The van der Waals surface area contributed by atoms with Crippen molar-refractivity contribution in [2.75, 3.05) is 6.61 Å². The van der Waals surface area contributed by atoms with Crippen LogP contribution in [-0.2, 0) is 8.85 Å². The Balaban J connectivity index is 3.58. The summed E-state index contributed by atoms with van der Waals surface area (Å²) in [5.74, 6) is 0. The van der Waals surface area contributed by atoms with Gasteiger partial charge in [0.05, 0.1) is 6.23 Å². The molecule has 0 saturated heterocycles. The van der Waals surface area contributed by atoms with Crippen LogP contribution in [0.25, 0.3) is 0 Å². The SMILES string of the molecule is CCCCCCCCCCC[Si](C)(OCC)OC(C)N. The summed E-state index contributed by atoms with van der Waals surface area (Å²) in [7, 11) is -2.02. The monoisotopic (exact) mass is 303 g/mol. The average molecular weight is 304 g/mol. The minimum absolute atomic E-state index is 0.211. The van der Waals surface area contributed by atoms with Crippen molar-refractivity contribution in [2.45, 2.75) is 97.4 Å². The molecule has 0 aromatic carbocycles. The fourth-order valence-electron chi connectivity index (χ4n) is 2.62.